The van der Waals surface area contributed by atoms with Gasteiger partial charge < -0.3 is 5.73 Å². The van der Waals surface area contributed by atoms with Crippen molar-refractivity contribution in [3.8, 4) is 0 Å². The topological polar surface area (TPSA) is 72.2 Å². The lowest BCUT2D eigenvalue weighted by Crippen LogP contribution is -2.34. The molecule has 0 aliphatic heterocycles. The van der Waals surface area contributed by atoms with Crippen molar-refractivity contribution in [3.63, 3.8) is 0 Å². The summed E-state index contributed by atoms with van der Waals surface area (Å²) in [6, 6.07) is 13.4. The van der Waals surface area contributed by atoms with Gasteiger partial charge in [-0.25, -0.2) is 13.1 Å². The van der Waals surface area contributed by atoms with Crippen molar-refractivity contribution in [2.24, 2.45) is 5.73 Å². The Morgan fingerprint density at radius 1 is 1.18 bits per heavy atom. The molecule has 1 unspecified atom stereocenters. The van der Waals surface area contributed by atoms with Gasteiger partial charge in [-0.2, -0.15) is 0 Å². The highest BCUT2D eigenvalue weighted by Crippen LogP contribution is 2.20. The molecule has 2 aromatic rings. The number of nitrogens with two attached hydrogens (primary N) is 1. The lowest BCUT2D eigenvalue weighted by atomic mass is 10.0. The smallest absolute Gasteiger partial charge is 0.212 e. The van der Waals surface area contributed by atoms with Crippen LogP contribution in [0.4, 0.5) is 0 Å². The second kappa shape index (κ2) is 8.29. The maximum absolute atomic E-state index is 12.0. The number of allylic oxidation sites excluding steroid dienone is 1. The van der Waals surface area contributed by atoms with Crippen LogP contribution in [0, 0.1) is 0 Å². The monoisotopic (exact) mass is 340 g/mol. The molecule has 0 radical (unpaired) electrons. The molecule has 0 aliphatic carbocycles. The molecule has 2 aromatic carbocycles. The Morgan fingerprint density at radius 3 is 2.50 bits per heavy atom. The van der Waals surface area contributed by atoms with Gasteiger partial charge in [-0.05, 0) is 28.8 Å². The summed E-state index contributed by atoms with van der Waals surface area (Å²) < 4.78 is 26.6. The van der Waals surface area contributed by atoms with Gasteiger partial charge >= 0.3 is 0 Å². The molecule has 0 aromatic heterocycles. The number of hydrogen-bond donors (Lipinski definition) is 2. The van der Waals surface area contributed by atoms with Gasteiger partial charge in [0.15, 0.2) is 0 Å². The summed E-state index contributed by atoms with van der Waals surface area (Å²) in [4.78, 5) is 0. The van der Waals surface area contributed by atoms with Crippen LogP contribution in [0.15, 0.2) is 55.1 Å². The minimum Gasteiger partial charge on any atom is -0.329 e. The van der Waals surface area contributed by atoms with Crippen molar-refractivity contribution >= 4 is 33.2 Å². The fourth-order valence-corrected chi connectivity index (χ4v) is 3.45. The highest BCUT2D eigenvalue weighted by Gasteiger charge is 2.17. The van der Waals surface area contributed by atoms with Crippen LogP contribution in [-0.4, -0.2) is 20.7 Å². The molecule has 0 amide bonds. The van der Waals surface area contributed by atoms with Gasteiger partial charge in [0.2, 0.25) is 10.0 Å². The van der Waals surface area contributed by atoms with Gasteiger partial charge in [-0.3, -0.25) is 0 Å². The number of nitrogens with one attached hydrogen (secondary N) is 1. The molecule has 4 nitrogen and oxygen atoms in total. The number of sulfonamides is 1. The van der Waals surface area contributed by atoms with Crippen LogP contribution >= 0.6 is 12.4 Å². The summed E-state index contributed by atoms with van der Waals surface area (Å²) in [5.74, 6) is 0.0284. The molecule has 3 N–H and O–H groups in total. The quantitative estimate of drug-likeness (QED) is 0.761. The molecule has 6 heteroatoms. The predicted octanol–water partition coefficient (Wildman–Crippen LogP) is 2.76. The maximum atomic E-state index is 12.0. The number of rotatable bonds is 7. The normalized spacial score (nSPS) is 12.6. The summed E-state index contributed by atoms with van der Waals surface area (Å²) >= 11 is 0. The van der Waals surface area contributed by atoms with Crippen LogP contribution in [0.25, 0.3) is 10.8 Å². The van der Waals surface area contributed by atoms with E-state index in [2.05, 4.69) is 11.3 Å². The molecule has 0 aliphatic rings. The molecule has 0 fully saturated rings. The van der Waals surface area contributed by atoms with E-state index in [-0.39, 0.29) is 24.7 Å². The second-order valence-electron chi connectivity index (χ2n) is 4.91. The van der Waals surface area contributed by atoms with Gasteiger partial charge in [0.05, 0.1) is 11.8 Å². The van der Waals surface area contributed by atoms with Gasteiger partial charge in [0, 0.05) is 6.54 Å². The van der Waals surface area contributed by atoms with Crippen LogP contribution in [0.3, 0.4) is 0 Å². The van der Waals surface area contributed by atoms with Crippen molar-refractivity contribution in [1.29, 1.82) is 0 Å². The van der Waals surface area contributed by atoms with Crippen LogP contribution in [0.1, 0.15) is 18.0 Å². The van der Waals surface area contributed by atoms with Crippen molar-refractivity contribution in [3.05, 3.63) is 60.7 Å². The third-order valence-corrected chi connectivity index (χ3v) is 4.74. The average Bonchev–Trinajstić information content (AvgIpc) is 2.50. The number of fused-ring (bicyclic) bond motifs is 1. The zero-order valence-corrected chi connectivity index (χ0v) is 13.9. The third kappa shape index (κ3) is 4.81. The maximum Gasteiger partial charge on any atom is 0.212 e. The molecule has 0 heterocycles. The fraction of sp³-hybridized carbons (Fsp3) is 0.250. The summed E-state index contributed by atoms with van der Waals surface area (Å²) in [7, 11) is -3.36. The highest BCUT2D eigenvalue weighted by molar-refractivity contribution is 7.89. The van der Waals surface area contributed by atoms with Crippen LogP contribution in [0.2, 0.25) is 0 Å². The van der Waals surface area contributed by atoms with E-state index in [9.17, 15) is 8.42 Å². The molecule has 0 bridgehead atoms. The SMILES string of the molecule is C=CCCS(=O)(=O)NC(CN)c1ccc2ccccc2c1.Cl. The average molecular weight is 341 g/mol. The highest BCUT2D eigenvalue weighted by atomic mass is 35.5. The Hall–Kier alpha value is -1.40. The second-order valence-corrected chi connectivity index (χ2v) is 6.78. The van der Waals surface area contributed by atoms with Crippen molar-refractivity contribution in [1.82, 2.24) is 4.72 Å². The number of benzene rings is 2. The molecule has 22 heavy (non-hydrogen) atoms. The van der Waals surface area contributed by atoms with E-state index in [1.54, 1.807) is 6.08 Å². The number of halogens is 1. The van der Waals surface area contributed by atoms with Crippen molar-refractivity contribution < 1.29 is 8.42 Å². The van der Waals surface area contributed by atoms with Crippen molar-refractivity contribution in [2.45, 2.75) is 12.5 Å². The molecular formula is C16H21ClN2O2S. The standard InChI is InChI=1S/C16H20N2O2S.ClH/c1-2-3-10-21(19,20)18-16(12-17)15-9-8-13-6-4-5-7-14(13)11-15;/h2,4-9,11,16,18H,1,3,10,12,17H2;1H. The van der Waals surface area contributed by atoms with Gasteiger partial charge in [-0.1, -0.05) is 42.5 Å². The summed E-state index contributed by atoms with van der Waals surface area (Å²) in [6.07, 6.45) is 2.01. The van der Waals surface area contributed by atoms with Crippen LogP contribution in [0.5, 0.6) is 0 Å². The van der Waals surface area contributed by atoms with Gasteiger partial charge in [0.1, 0.15) is 0 Å². The molecular weight excluding hydrogens is 320 g/mol. The fourth-order valence-electron chi connectivity index (χ4n) is 2.19. The van der Waals surface area contributed by atoms with Crippen LogP contribution < -0.4 is 10.5 Å². The third-order valence-electron chi connectivity index (χ3n) is 3.32. The van der Waals surface area contributed by atoms with E-state index in [0.717, 1.165) is 16.3 Å². The van der Waals surface area contributed by atoms with Crippen molar-refractivity contribution in [2.75, 3.05) is 12.3 Å². The van der Waals surface area contributed by atoms with Gasteiger partial charge in [-0.15, -0.1) is 19.0 Å². The molecule has 120 valence electrons. The lowest BCUT2D eigenvalue weighted by Gasteiger charge is -2.17. The first-order chi connectivity index (χ1) is 10.1. The molecule has 0 saturated heterocycles. The van der Waals surface area contributed by atoms with Gasteiger partial charge in [0.25, 0.3) is 0 Å². The first kappa shape index (κ1) is 18.6. The minimum atomic E-state index is -3.36. The summed E-state index contributed by atoms with van der Waals surface area (Å²) in [5, 5.41) is 2.19. The molecule has 0 spiro atoms. The minimum absolute atomic E-state index is 0. The Kier molecular flexibility index (Phi) is 7.03. The Balaban J connectivity index is 0.00000242. The van der Waals surface area contributed by atoms with E-state index < -0.39 is 16.1 Å². The first-order valence-electron chi connectivity index (χ1n) is 6.85. The zero-order chi connectivity index (χ0) is 15.3. The summed E-state index contributed by atoms with van der Waals surface area (Å²) in [5.41, 5.74) is 6.61. The van der Waals surface area contributed by atoms with E-state index in [1.165, 1.54) is 0 Å². The van der Waals surface area contributed by atoms with E-state index >= 15 is 0 Å². The van der Waals surface area contributed by atoms with Crippen LogP contribution in [-0.2, 0) is 10.0 Å². The Labute approximate surface area is 137 Å². The van der Waals surface area contributed by atoms with E-state index in [1.807, 2.05) is 42.5 Å². The largest absolute Gasteiger partial charge is 0.329 e. The lowest BCUT2D eigenvalue weighted by molar-refractivity contribution is 0.558. The molecule has 2 rings (SSSR count). The Morgan fingerprint density at radius 2 is 1.86 bits per heavy atom. The molecule has 0 saturated carbocycles. The van der Waals surface area contributed by atoms with E-state index in [4.69, 9.17) is 5.73 Å². The zero-order valence-electron chi connectivity index (χ0n) is 12.2. The Bertz CT molecular complexity index is 732. The first-order valence-corrected chi connectivity index (χ1v) is 8.50. The summed E-state index contributed by atoms with van der Waals surface area (Å²) in [6.45, 7) is 3.75. The molecule has 1 atom stereocenters. The predicted molar refractivity (Wildman–Crippen MR) is 94.7 cm³/mol. The number of hydrogen-bond acceptors (Lipinski definition) is 3. The van der Waals surface area contributed by atoms with E-state index in [0.29, 0.717) is 6.42 Å².